The van der Waals surface area contributed by atoms with E-state index in [-0.39, 0.29) is 11.4 Å². The number of imide groups is 1. The van der Waals surface area contributed by atoms with Gasteiger partial charge in [0.2, 0.25) is 5.91 Å². The van der Waals surface area contributed by atoms with E-state index in [1.807, 2.05) is 26.0 Å². The minimum atomic E-state index is -0.502. The monoisotopic (exact) mass is 426 g/mol. The lowest BCUT2D eigenvalue weighted by Gasteiger charge is -2.13. The van der Waals surface area contributed by atoms with Crippen molar-refractivity contribution in [3.05, 3.63) is 58.5 Å². The Balaban J connectivity index is 1.73. The molecule has 0 bridgehead atoms. The van der Waals surface area contributed by atoms with Crippen LogP contribution in [0.5, 0.6) is 11.5 Å². The Morgan fingerprint density at radius 1 is 1.17 bits per heavy atom. The van der Waals surface area contributed by atoms with Gasteiger partial charge in [0.05, 0.1) is 18.6 Å². The van der Waals surface area contributed by atoms with E-state index in [4.69, 9.17) is 9.47 Å². The largest absolute Gasteiger partial charge is 0.493 e. The predicted octanol–water partition coefficient (Wildman–Crippen LogP) is 4.08. The van der Waals surface area contributed by atoms with Gasteiger partial charge in [0.15, 0.2) is 11.5 Å². The molecule has 0 unspecified atom stereocenters. The number of hydrogen-bond acceptors (Lipinski definition) is 6. The maximum atomic E-state index is 12.7. The van der Waals surface area contributed by atoms with Gasteiger partial charge in [-0.15, -0.1) is 0 Å². The Morgan fingerprint density at radius 2 is 1.93 bits per heavy atom. The number of rotatable bonds is 7. The smallest absolute Gasteiger partial charge is 0.294 e. The number of para-hydroxylation sites is 1. The Kier molecular flexibility index (Phi) is 6.79. The Morgan fingerprint density at radius 3 is 2.63 bits per heavy atom. The lowest BCUT2D eigenvalue weighted by atomic mass is 10.2. The van der Waals surface area contributed by atoms with Crippen LogP contribution in [0.4, 0.5) is 10.5 Å². The van der Waals surface area contributed by atoms with E-state index in [1.54, 1.807) is 36.4 Å². The van der Waals surface area contributed by atoms with Crippen molar-refractivity contribution in [2.45, 2.75) is 13.8 Å². The molecule has 3 rings (SSSR count). The quantitative estimate of drug-likeness (QED) is 0.672. The van der Waals surface area contributed by atoms with Gasteiger partial charge >= 0.3 is 0 Å². The lowest BCUT2D eigenvalue weighted by Crippen LogP contribution is -2.36. The summed E-state index contributed by atoms with van der Waals surface area (Å²) in [6, 6.07) is 12.5. The highest BCUT2D eigenvalue weighted by Gasteiger charge is 2.36. The highest BCUT2D eigenvalue weighted by atomic mass is 32.2. The van der Waals surface area contributed by atoms with Crippen LogP contribution >= 0.6 is 11.8 Å². The summed E-state index contributed by atoms with van der Waals surface area (Å²) < 4.78 is 10.8. The minimum absolute atomic E-state index is 0.245. The van der Waals surface area contributed by atoms with E-state index >= 15 is 0 Å². The fraction of sp³-hybridized carbons (Fsp3) is 0.227. The molecule has 1 aliphatic rings. The molecule has 0 aliphatic carbocycles. The number of nitrogens with zero attached hydrogens (tertiary/aromatic N) is 1. The van der Waals surface area contributed by atoms with Crippen molar-refractivity contribution in [3.63, 3.8) is 0 Å². The van der Waals surface area contributed by atoms with Gasteiger partial charge in [0.1, 0.15) is 6.54 Å². The van der Waals surface area contributed by atoms with Crippen LogP contribution < -0.4 is 14.8 Å². The fourth-order valence-corrected chi connectivity index (χ4v) is 3.72. The molecule has 3 amide bonds. The molecule has 156 valence electrons. The molecule has 1 fully saturated rings. The van der Waals surface area contributed by atoms with Crippen molar-refractivity contribution in [2.24, 2.45) is 0 Å². The van der Waals surface area contributed by atoms with Crippen LogP contribution in [0.3, 0.4) is 0 Å². The highest BCUT2D eigenvalue weighted by Crippen LogP contribution is 2.34. The molecule has 0 aromatic heterocycles. The molecule has 1 heterocycles. The van der Waals surface area contributed by atoms with Crippen molar-refractivity contribution in [1.82, 2.24) is 4.90 Å². The van der Waals surface area contributed by atoms with Crippen LogP contribution in [0.15, 0.2) is 47.4 Å². The van der Waals surface area contributed by atoms with E-state index in [2.05, 4.69) is 5.32 Å². The number of ether oxygens (including phenoxy) is 2. The zero-order valence-corrected chi connectivity index (χ0v) is 17.7. The summed E-state index contributed by atoms with van der Waals surface area (Å²) >= 11 is 0.802. The molecule has 1 aliphatic heterocycles. The minimum Gasteiger partial charge on any atom is -0.493 e. The molecule has 1 N–H and O–H groups in total. The first-order chi connectivity index (χ1) is 14.4. The fourth-order valence-electron chi connectivity index (χ4n) is 2.88. The summed E-state index contributed by atoms with van der Waals surface area (Å²) in [7, 11) is 1.53. The second kappa shape index (κ2) is 9.49. The number of amides is 3. The van der Waals surface area contributed by atoms with E-state index in [9.17, 15) is 14.4 Å². The van der Waals surface area contributed by atoms with Crippen molar-refractivity contribution >= 4 is 40.6 Å². The molecule has 0 saturated carbocycles. The van der Waals surface area contributed by atoms with Crippen molar-refractivity contribution < 1.29 is 23.9 Å². The normalized spacial score (nSPS) is 14.9. The topological polar surface area (TPSA) is 84.9 Å². The number of methoxy groups -OCH3 is 1. The molecule has 0 radical (unpaired) electrons. The Labute approximate surface area is 179 Å². The van der Waals surface area contributed by atoms with Crippen LogP contribution in [-0.2, 0) is 9.59 Å². The standard InChI is InChI=1S/C22H22N2O5S/c1-4-29-17-10-9-15(11-18(17)28-3)12-19-21(26)24(22(27)30-19)13-20(25)23-16-8-6-5-7-14(16)2/h5-12H,4,13H2,1-3H3,(H,23,25). The molecular weight excluding hydrogens is 404 g/mol. The average Bonchev–Trinajstić information content (AvgIpc) is 2.98. The number of hydrogen-bond donors (Lipinski definition) is 1. The number of nitrogens with one attached hydrogen (secondary N) is 1. The molecule has 0 spiro atoms. The molecular formula is C22H22N2O5S. The van der Waals surface area contributed by atoms with Gasteiger partial charge in [0, 0.05) is 5.69 Å². The van der Waals surface area contributed by atoms with Crippen molar-refractivity contribution in [1.29, 1.82) is 0 Å². The number of carbonyl (C=O) groups is 3. The van der Waals surface area contributed by atoms with Gasteiger partial charge in [-0.3, -0.25) is 19.3 Å². The van der Waals surface area contributed by atoms with E-state index in [1.165, 1.54) is 7.11 Å². The SMILES string of the molecule is CCOc1ccc(C=C2SC(=O)N(CC(=O)Nc3ccccc3C)C2=O)cc1OC. The van der Waals surface area contributed by atoms with Gasteiger partial charge in [-0.1, -0.05) is 24.3 Å². The molecule has 1 saturated heterocycles. The zero-order valence-electron chi connectivity index (χ0n) is 16.9. The van der Waals surface area contributed by atoms with Crippen LogP contribution in [0, 0.1) is 6.92 Å². The molecule has 8 heteroatoms. The van der Waals surface area contributed by atoms with Crippen LogP contribution in [0.2, 0.25) is 0 Å². The third kappa shape index (κ3) is 4.83. The highest BCUT2D eigenvalue weighted by molar-refractivity contribution is 8.18. The van der Waals surface area contributed by atoms with Gasteiger partial charge < -0.3 is 14.8 Å². The summed E-state index contributed by atoms with van der Waals surface area (Å²) in [4.78, 5) is 38.5. The van der Waals surface area contributed by atoms with Gasteiger partial charge in [-0.25, -0.2) is 0 Å². The third-order valence-electron chi connectivity index (χ3n) is 4.38. The summed E-state index contributed by atoms with van der Waals surface area (Å²) in [5.74, 6) is 0.189. The molecule has 2 aromatic carbocycles. The maximum absolute atomic E-state index is 12.7. The van der Waals surface area contributed by atoms with Crippen LogP contribution in [0.25, 0.3) is 6.08 Å². The van der Waals surface area contributed by atoms with Crippen molar-refractivity contribution in [3.8, 4) is 11.5 Å². The summed E-state index contributed by atoms with van der Waals surface area (Å²) in [6.07, 6.45) is 1.60. The van der Waals surface area contributed by atoms with E-state index in [0.29, 0.717) is 29.4 Å². The summed E-state index contributed by atoms with van der Waals surface area (Å²) in [5.41, 5.74) is 2.22. The van der Waals surface area contributed by atoms with Crippen molar-refractivity contribution in [2.75, 3.05) is 25.6 Å². The van der Waals surface area contributed by atoms with Gasteiger partial charge in [-0.2, -0.15) is 0 Å². The Bertz CT molecular complexity index is 1020. The molecule has 30 heavy (non-hydrogen) atoms. The van der Waals surface area contributed by atoms with Crippen LogP contribution in [0.1, 0.15) is 18.1 Å². The van der Waals surface area contributed by atoms with E-state index in [0.717, 1.165) is 22.2 Å². The third-order valence-corrected chi connectivity index (χ3v) is 5.29. The van der Waals surface area contributed by atoms with E-state index < -0.39 is 17.1 Å². The lowest BCUT2D eigenvalue weighted by molar-refractivity contribution is -0.127. The first kappa shape index (κ1) is 21.4. The predicted molar refractivity (Wildman–Crippen MR) is 117 cm³/mol. The molecule has 0 atom stereocenters. The molecule has 7 nitrogen and oxygen atoms in total. The van der Waals surface area contributed by atoms with Crippen LogP contribution in [-0.4, -0.2) is 42.2 Å². The molecule has 2 aromatic rings. The number of benzene rings is 2. The Hall–Kier alpha value is -3.26. The first-order valence-electron chi connectivity index (χ1n) is 9.34. The summed E-state index contributed by atoms with van der Waals surface area (Å²) in [5, 5.41) is 2.25. The zero-order chi connectivity index (χ0) is 21.7. The first-order valence-corrected chi connectivity index (χ1v) is 10.2. The van der Waals surface area contributed by atoms with Gasteiger partial charge in [-0.05, 0) is 61.0 Å². The average molecular weight is 426 g/mol. The number of thioether (sulfide) groups is 1. The second-order valence-electron chi connectivity index (χ2n) is 6.47. The maximum Gasteiger partial charge on any atom is 0.294 e. The number of anilines is 1. The van der Waals surface area contributed by atoms with Gasteiger partial charge in [0.25, 0.3) is 11.1 Å². The number of aryl methyl sites for hydroxylation is 1. The number of carbonyl (C=O) groups excluding carboxylic acids is 3. The summed E-state index contributed by atoms with van der Waals surface area (Å²) in [6.45, 7) is 3.89. The second-order valence-corrected chi connectivity index (χ2v) is 7.47.